The van der Waals surface area contributed by atoms with Crippen LogP contribution in [-0.2, 0) is 0 Å². The highest BCUT2D eigenvalue weighted by Crippen LogP contribution is 2.33. The summed E-state index contributed by atoms with van der Waals surface area (Å²) in [6.45, 7) is 6.25. The van der Waals surface area contributed by atoms with E-state index in [0.29, 0.717) is 0 Å². The van der Waals surface area contributed by atoms with Crippen LogP contribution in [0.4, 0.5) is 5.13 Å². The lowest BCUT2D eigenvalue weighted by molar-refractivity contribution is 1.09. The van der Waals surface area contributed by atoms with Crippen LogP contribution in [0.1, 0.15) is 16.8 Å². The molecule has 3 rings (SSSR count). The number of fused-ring (bicyclic) bond motifs is 1. The molecule has 0 spiro atoms. The van der Waals surface area contributed by atoms with E-state index >= 15 is 0 Å². The zero-order chi connectivity index (χ0) is 14.3. The first-order valence-corrected chi connectivity index (χ1v) is 7.30. The van der Waals surface area contributed by atoms with Gasteiger partial charge in [0, 0.05) is 23.7 Å². The van der Waals surface area contributed by atoms with Gasteiger partial charge in [0.05, 0.1) is 5.52 Å². The Morgan fingerprint density at radius 3 is 2.45 bits per heavy atom. The number of benzene rings is 1. The Kier molecular flexibility index (Phi) is 3.14. The quantitative estimate of drug-likeness (QED) is 0.779. The lowest BCUT2D eigenvalue weighted by atomic mass is 10.0. The lowest BCUT2D eigenvalue weighted by Gasteiger charge is -2.08. The molecule has 1 aromatic carbocycles. The number of hydrogen-bond acceptors (Lipinski definition) is 5. The molecule has 0 aliphatic rings. The zero-order valence-corrected chi connectivity index (χ0v) is 12.8. The Labute approximate surface area is 121 Å². The highest BCUT2D eigenvalue weighted by Gasteiger charge is 2.12. The largest absolute Gasteiger partial charge is 0.363 e. The van der Waals surface area contributed by atoms with Crippen LogP contribution in [0.15, 0.2) is 18.2 Å². The summed E-state index contributed by atoms with van der Waals surface area (Å²) in [5, 5.41) is 14.3. The van der Waals surface area contributed by atoms with Gasteiger partial charge in [-0.25, -0.2) is 0 Å². The molecule has 0 fully saturated rings. The van der Waals surface area contributed by atoms with Crippen molar-refractivity contribution in [3.63, 3.8) is 0 Å². The van der Waals surface area contributed by atoms with Crippen molar-refractivity contribution in [1.82, 2.24) is 15.2 Å². The highest BCUT2D eigenvalue weighted by atomic mass is 32.1. The molecular formula is C15H16N4S. The summed E-state index contributed by atoms with van der Waals surface area (Å²) in [5.41, 5.74) is 5.65. The molecule has 2 heterocycles. The second kappa shape index (κ2) is 4.83. The zero-order valence-electron chi connectivity index (χ0n) is 12.0. The minimum absolute atomic E-state index is 0.825. The van der Waals surface area contributed by atoms with Gasteiger partial charge in [-0.05, 0) is 50.1 Å². The van der Waals surface area contributed by atoms with Gasteiger partial charge in [0.15, 0.2) is 0 Å². The van der Waals surface area contributed by atoms with Crippen LogP contribution >= 0.6 is 11.3 Å². The molecule has 2 aromatic heterocycles. The summed E-state index contributed by atoms with van der Waals surface area (Å²) in [5.74, 6) is 0. The summed E-state index contributed by atoms with van der Waals surface area (Å²) in [7, 11) is 1.85. The number of anilines is 1. The number of aromatic nitrogens is 3. The van der Waals surface area contributed by atoms with Crippen LogP contribution in [0.25, 0.3) is 21.5 Å². The van der Waals surface area contributed by atoms with Crippen molar-refractivity contribution in [2.45, 2.75) is 20.8 Å². The number of hydrogen-bond donors (Lipinski definition) is 1. The summed E-state index contributed by atoms with van der Waals surface area (Å²) >= 11 is 1.56. The van der Waals surface area contributed by atoms with Gasteiger partial charge < -0.3 is 5.32 Å². The maximum Gasteiger partial charge on any atom is 0.205 e. The Morgan fingerprint density at radius 1 is 1.00 bits per heavy atom. The summed E-state index contributed by atoms with van der Waals surface area (Å²) in [6.07, 6.45) is 0. The average Bonchev–Trinajstić information content (AvgIpc) is 2.88. The number of pyridine rings is 1. The van der Waals surface area contributed by atoms with Gasteiger partial charge in [0.25, 0.3) is 0 Å². The molecule has 1 N–H and O–H groups in total. The molecular weight excluding hydrogens is 268 g/mol. The van der Waals surface area contributed by atoms with Crippen LogP contribution in [0.5, 0.6) is 0 Å². The van der Waals surface area contributed by atoms with Gasteiger partial charge in [-0.1, -0.05) is 11.3 Å². The van der Waals surface area contributed by atoms with Crippen molar-refractivity contribution >= 4 is 27.4 Å². The predicted octanol–water partition coefficient (Wildman–Crippen LogP) is 3.72. The van der Waals surface area contributed by atoms with Gasteiger partial charge in [-0.2, -0.15) is 0 Å². The van der Waals surface area contributed by atoms with Gasteiger partial charge >= 0.3 is 0 Å². The molecule has 3 aromatic rings. The van der Waals surface area contributed by atoms with E-state index in [1.807, 2.05) is 14.0 Å². The molecule has 4 nitrogen and oxygen atoms in total. The lowest BCUT2D eigenvalue weighted by Crippen LogP contribution is -1.91. The molecule has 20 heavy (non-hydrogen) atoms. The maximum atomic E-state index is 4.63. The first-order valence-electron chi connectivity index (χ1n) is 6.48. The van der Waals surface area contributed by atoms with Crippen molar-refractivity contribution < 1.29 is 0 Å². The first-order chi connectivity index (χ1) is 9.58. The van der Waals surface area contributed by atoms with Gasteiger partial charge in [-0.3, -0.25) is 4.98 Å². The van der Waals surface area contributed by atoms with E-state index in [1.54, 1.807) is 11.3 Å². The summed E-state index contributed by atoms with van der Waals surface area (Å²) in [4.78, 5) is 4.63. The molecule has 0 aliphatic carbocycles. The van der Waals surface area contributed by atoms with Gasteiger partial charge in [0.2, 0.25) is 5.13 Å². The van der Waals surface area contributed by atoms with Crippen molar-refractivity contribution in [2.75, 3.05) is 12.4 Å². The van der Waals surface area contributed by atoms with E-state index in [0.717, 1.165) is 32.3 Å². The predicted molar refractivity (Wildman–Crippen MR) is 84.4 cm³/mol. The molecule has 0 saturated carbocycles. The smallest absolute Gasteiger partial charge is 0.205 e. The van der Waals surface area contributed by atoms with Crippen LogP contribution < -0.4 is 5.32 Å². The third kappa shape index (κ3) is 2.14. The summed E-state index contributed by atoms with van der Waals surface area (Å²) in [6, 6.07) is 6.41. The third-order valence-electron chi connectivity index (χ3n) is 3.42. The van der Waals surface area contributed by atoms with Crippen LogP contribution in [0.3, 0.4) is 0 Å². The molecule has 0 unspecified atom stereocenters. The second-order valence-corrected chi connectivity index (χ2v) is 5.90. The Bertz CT molecular complexity index is 792. The van der Waals surface area contributed by atoms with E-state index in [1.165, 1.54) is 11.1 Å². The van der Waals surface area contributed by atoms with E-state index in [-0.39, 0.29) is 0 Å². The topological polar surface area (TPSA) is 50.7 Å². The molecule has 0 radical (unpaired) electrons. The van der Waals surface area contributed by atoms with Crippen LogP contribution in [0.2, 0.25) is 0 Å². The fourth-order valence-electron chi connectivity index (χ4n) is 2.23. The molecule has 0 amide bonds. The SMILES string of the molecule is CNc1nnc(-c2cc(C)nc3cc(C)c(C)cc23)s1. The molecule has 0 saturated heterocycles. The molecule has 5 heteroatoms. The van der Waals surface area contributed by atoms with Gasteiger partial charge in [-0.15, -0.1) is 10.2 Å². The molecule has 102 valence electrons. The average molecular weight is 284 g/mol. The van der Waals surface area contributed by atoms with E-state index in [4.69, 9.17) is 0 Å². The fourth-order valence-corrected chi connectivity index (χ4v) is 2.96. The van der Waals surface area contributed by atoms with Crippen molar-refractivity contribution in [1.29, 1.82) is 0 Å². The summed E-state index contributed by atoms with van der Waals surface area (Å²) < 4.78 is 0. The van der Waals surface area contributed by atoms with Crippen molar-refractivity contribution in [3.8, 4) is 10.6 Å². The first kappa shape index (κ1) is 13.0. The van der Waals surface area contributed by atoms with Crippen LogP contribution in [0, 0.1) is 20.8 Å². The molecule has 0 bridgehead atoms. The van der Waals surface area contributed by atoms with E-state index < -0.39 is 0 Å². The minimum Gasteiger partial charge on any atom is -0.363 e. The van der Waals surface area contributed by atoms with E-state index in [9.17, 15) is 0 Å². The maximum absolute atomic E-state index is 4.63. The molecule has 0 aliphatic heterocycles. The Balaban J connectivity index is 2.31. The Hall–Kier alpha value is -2.01. The fraction of sp³-hybridized carbons (Fsp3) is 0.267. The second-order valence-electron chi connectivity index (χ2n) is 4.93. The third-order valence-corrected chi connectivity index (χ3v) is 4.40. The minimum atomic E-state index is 0.825. The standard InChI is InChI=1S/C15H16N4S/c1-8-5-11-12(14-18-19-15(16-4)20-14)7-10(3)17-13(11)6-9(8)2/h5-7H,1-4H3,(H,16,19). The highest BCUT2D eigenvalue weighted by molar-refractivity contribution is 7.18. The van der Waals surface area contributed by atoms with Gasteiger partial charge in [0.1, 0.15) is 5.01 Å². The normalized spacial score (nSPS) is 11.0. The number of rotatable bonds is 2. The van der Waals surface area contributed by atoms with Crippen molar-refractivity contribution in [3.05, 3.63) is 35.0 Å². The van der Waals surface area contributed by atoms with Crippen LogP contribution in [-0.4, -0.2) is 22.2 Å². The molecule has 0 atom stereocenters. The van der Waals surface area contributed by atoms with Crippen molar-refractivity contribution in [2.24, 2.45) is 0 Å². The number of nitrogens with zero attached hydrogens (tertiary/aromatic N) is 3. The van der Waals surface area contributed by atoms with E-state index in [2.05, 4.69) is 52.5 Å². The number of aryl methyl sites for hydroxylation is 3. The Morgan fingerprint density at radius 2 is 1.75 bits per heavy atom. The monoisotopic (exact) mass is 284 g/mol. The number of nitrogens with one attached hydrogen (secondary N) is 1.